The van der Waals surface area contributed by atoms with Crippen molar-refractivity contribution >= 4 is 23.6 Å². The molecule has 1 aliphatic rings. The summed E-state index contributed by atoms with van der Waals surface area (Å²) in [6.07, 6.45) is 3.89. The van der Waals surface area contributed by atoms with Crippen LogP contribution in [0.1, 0.15) is 56.5 Å². The van der Waals surface area contributed by atoms with Crippen LogP contribution in [0.15, 0.2) is 0 Å². The first-order valence-corrected chi connectivity index (χ1v) is 10.2. The second-order valence-electron chi connectivity index (χ2n) is 8.04. The van der Waals surface area contributed by atoms with Crippen molar-refractivity contribution in [2.24, 2.45) is 11.8 Å². The number of amides is 1. The van der Waals surface area contributed by atoms with Gasteiger partial charge in [0.25, 0.3) is 11.7 Å². The number of carbonyl (C=O) groups is 2. The number of hydrogen-bond acceptors (Lipinski definition) is 7. The van der Waals surface area contributed by atoms with Crippen molar-refractivity contribution in [1.29, 1.82) is 0 Å². The molecule has 3 N–H and O–H groups in total. The molecule has 0 bridgehead atoms. The lowest BCUT2D eigenvalue weighted by molar-refractivity contribution is -0.148. The summed E-state index contributed by atoms with van der Waals surface area (Å²) < 4.78 is 6.75. The van der Waals surface area contributed by atoms with Crippen LogP contribution < -0.4 is 11.1 Å². The zero-order valence-electron chi connectivity index (χ0n) is 17.6. The van der Waals surface area contributed by atoms with E-state index in [9.17, 15) is 9.59 Å². The van der Waals surface area contributed by atoms with Gasteiger partial charge in [-0.3, -0.25) is 9.59 Å². The lowest BCUT2D eigenvalue weighted by Gasteiger charge is -2.34. The molecule has 158 valence electrons. The van der Waals surface area contributed by atoms with Crippen molar-refractivity contribution in [3.8, 4) is 0 Å². The number of esters is 1. The predicted molar refractivity (Wildman–Crippen MR) is 108 cm³/mol. The number of ether oxygens (including phenoxy) is 1. The van der Waals surface area contributed by atoms with E-state index >= 15 is 0 Å². The number of rotatable bonds is 6. The lowest BCUT2D eigenvalue weighted by Crippen LogP contribution is -2.45. The highest BCUT2D eigenvalue weighted by atomic mass is 16.5. The minimum absolute atomic E-state index is 0.156. The van der Waals surface area contributed by atoms with Crippen molar-refractivity contribution in [1.82, 2.24) is 24.9 Å². The van der Waals surface area contributed by atoms with E-state index in [4.69, 9.17) is 10.5 Å². The molecule has 3 atom stereocenters. The van der Waals surface area contributed by atoms with E-state index in [-0.39, 0.29) is 30.9 Å². The molecule has 2 heterocycles. The van der Waals surface area contributed by atoms with Gasteiger partial charge in [-0.05, 0) is 44.1 Å². The molecule has 9 nitrogen and oxygen atoms in total. The fourth-order valence-electron chi connectivity index (χ4n) is 4.07. The Labute approximate surface area is 170 Å². The third-order valence-corrected chi connectivity index (χ3v) is 6.06. The van der Waals surface area contributed by atoms with Crippen molar-refractivity contribution in [3.63, 3.8) is 0 Å². The Morgan fingerprint density at radius 3 is 2.76 bits per heavy atom. The highest BCUT2D eigenvalue weighted by molar-refractivity contribution is 5.80. The largest absolute Gasteiger partial charge is 0.456 e. The molecule has 3 unspecified atom stereocenters. The molecule has 1 aliphatic carbocycles. The van der Waals surface area contributed by atoms with Crippen molar-refractivity contribution in [2.75, 3.05) is 12.3 Å². The molecule has 1 saturated carbocycles. The maximum absolute atomic E-state index is 12.2. The van der Waals surface area contributed by atoms with Crippen LogP contribution in [0.5, 0.6) is 0 Å². The number of hydrogen-bond donors (Lipinski definition) is 2. The van der Waals surface area contributed by atoms with Gasteiger partial charge in [-0.25, -0.2) is 4.98 Å². The first-order valence-electron chi connectivity index (χ1n) is 10.2. The van der Waals surface area contributed by atoms with E-state index in [2.05, 4.69) is 34.2 Å². The average Bonchev–Trinajstić information content (AvgIpc) is 3.04. The summed E-state index contributed by atoms with van der Waals surface area (Å²) in [5.74, 6) is 0.966. The normalized spacial score (nSPS) is 21.9. The lowest BCUT2D eigenvalue weighted by atomic mass is 9.78. The Hall–Kier alpha value is -2.71. The molecule has 0 spiro atoms. The smallest absolute Gasteiger partial charge is 0.306 e. The Morgan fingerprint density at radius 1 is 1.24 bits per heavy atom. The Bertz CT molecular complexity index is 909. The van der Waals surface area contributed by atoms with Gasteiger partial charge in [0.05, 0.1) is 0 Å². The second-order valence-corrected chi connectivity index (χ2v) is 8.04. The van der Waals surface area contributed by atoms with Crippen LogP contribution >= 0.6 is 0 Å². The van der Waals surface area contributed by atoms with Gasteiger partial charge in [-0.15, -0.1) is 5.10 Å². The van der Waals surface area contributed by atoms with Gasteiger partial charge in [0, 0.05) is 23.9 Å². The van der Waals surface area contributed by atoms with E-state index < -0.39 is 5.97 Å². The molecule has 1 amide bonds. The first kappa shape index (κ1) is 21.0. The third kappa shape index (κ3) is 4.83. The number of nitrogens with one attached hydrogen (secondary N) is 1. The van der Waals surface area contributed by atoms with Crippen LogP contribution in [-0.2, 0) is 20.7 Å². The van der Waals surface area contributed by atoms with Crippen LogP contribution in [0.25, 0.3) is 5.78 Å². The summed E-state index contributed by atoms with van der Waals surface area (Å²) in [6.45, 7) is 7.88. The number of nitrogen functional groups attached to an aromatic ring is 1. The molecule has 0 saturated heterocycles. The number of fused-ring (bicyclic) bond motifs is 1. The van der Waals surface area contributed by atoms with Crippen LogP contribution in [0.4, 0.5) is 5.95 Å². The number of aryl methyl sites for hydroxylation is 2. The van der Waals surface area contributed by atoms with Crippen LogP contribution in [-0.4, -0.2) is 44.1 Å². The zero-order chi connectivity index (χ0) is 21.1. The maximum Gasteiger partial charge on any atom is 0.306 e. The highest BCUT2D eigenvalue weighted by Gasteiger charge is 2.28. The molecule has 2 aromatic heterocycles. The highest BCUT2D eigenvalue weighted by Crippen LogP contribution is 2.29. The molecule has 3 rings (SSSR count). The van der Waals surface area contributed by atoms with E-state index in [1.165, 1.54) is 6.42 Å². The number of aromatic nitrogens is 4. The quantitative estimate of drug-likeness (QED) is 0.705. The van der Waals surface area contributed by atoms with Crippen molar-refractivity contribution < 1.29 is 14.3 Å². The summed E-state index contributed by atoms with van der Waals surface area (Å²) in [6, 6.07) is 0.156. The van der Waals surface area contributed by atoms with E-state index in [1.54, 1.807) is 4.52 Å². The fourth-order valence-corrected chi connectivity index (χ4v) is 4.07. The molecular weight excluding hydrogens is 372 g/mol. The first-order chi connectivity index (χ1) is 13.8. The van der Waals surface area contributed by atoms with E-state index in [0.29, 0.717) is 24.0 Å². The average molecular weight is 402 g/mol. The molecule has 0 radical (unpaired) electrons. The molecule has 1 fully saturated rings. The van der Waals surface area contributed by atoms with Crippen LogP contribution in [0, 0.1) is 25.7 Å². The summed E-state index contributed by atoms with van der Waals surface area (Å²) >= 11 is 0. The summed E-state index contributed by atoms with van der Waals surface area (Å²) in [4.78, 5) is 32.8. The Kier molecular flexibility index (Phi) is 6.34. The molecule has 0 aliphatic heterocycles. The topological polar surface area (TPSA) is 124 Å². The van der Waals surface area contributed by atoms with Crippen molar-refractivity contribution in [2.45, 2.75) is 65.8 Å². The number of nitrogens with zero attached hydrogens (tertiary/aromatic N) is 4. The Morgan fingerprint density at radius 2 is 2.00 bits per heavy atom. The molecule has 2 aromatic rings. The minimum Gasteiger partial charge on any atom is -0.456 e. The van der Waals surface area contributed by atoms with Gasteiger partial charge >= 0.3 is 5.97 Å². The van der Waals surface area contributed by atoms with E-state index in [1.807, 2.05) is 13.8 Å². The number of nitrogens with two attached hydrogens (primary N) is 1. The fraction of sp³-hybridized carbons (Fsp3) is 0.650. The van der Waals surface area contributed by atoms with Gasteiger partial charge < -0.3 is 15.8 Å². The number of carbonyl (C=O) groups excluding carboxylic acids is 2. The monoisotopic (exact) mass is 402 g/mol. The van der Waals surface area contributed by atoms with Gasteiger partial charge in [0.15, 0.2) is 6.61 Å². The summed E-state index contributed by atoms with van der Waals surface area (Å²) in [5.41, 5.74) is 8.14. The Balaban J connectivity index is 1.50. The number of anilines is 1. The predicted octanol–water partition coefficient (Wildman–Crippen LogP) is 1.74. The standard InChI is InChI=1S/C20H30N6O3/c1-11-6-5-7-16(12(11)2)23-17(27)10-29-18(28)9-8-15-13(3)22-20-24-19(21)25-26(20)14(15)4/h11-12,16H,5-10H2,1-4H3,(H2,21,25)(H,23,27). The van der Waals surface area contributed by atoms with Crippen LogP contribution in [0.3, 0.4) is 0 Å². The maximum atomic E-state index is 12.2. The molecular formula is C20H30N6O3. The zero-order valence-corrected chi connectivity index (χ0v) is 17.6. The van der Waals surface area contributed by atoms with Gasteiger partial charge in [0.1, 0.15) is 0 Å². The van der Waals surface area contributed by atoms with Crippen LogP contribution in [0.2, 0.25) is 0 Å². The molecule has 0 aromatic carbocycles. The van der Waals surface area contributed by atoms with Gasteiger partial charge in [0.2, 0.25) is 5.95 Å². The van der Waals surface area contributed by atoms with Crippen molar-refractivity contribution in [3.05, 3.63) is 17.0 Å². The van der Waals surface area contributed by atoms with E-state index in [0.717, 1.165) is 29.8 Å². The molecule has 29 heavy (non-hydrogen) atoms. The minimum atomic E-state index is -0.415. The molecule has 9 heteroatoms. The SMILES string of the molecule is Cc1nc2nc(N)nn2c(C)c1CCC(=O)OCC(=O)NC1CCCC(C)C1C. The van der Waals surface area contributed by atoms with Gasteiger partial charge in [-0.2, -0.15) is 9.50 Å². The summed E-state index contributed by atoms with van der Waals surface area (Å²) in [5, 5.41) is 7.13. The second kappa shape index (κ2) is 8.75. The third-order valence-electron chi connectivity index (χ3n) is 6.06. The summed E-state index contributed by atoms with van der Waals surface area (Å²) in [7, 11) is 0. The van der Waals surface area contributed by atoms with Gasteiger partial charge in [-0.1, -0.05) is 26.7 Å².